The van der Waals surface area contributed by atoms with Crippen molar-refractivity contribution in [2.75, 3.05) is 4.90 Å². The predicted molar refractivity (Wildman–Crippen MR) is 245 cm³/mol. The van der Waals surface area contributed by atoms with Crippen LogP contribution in [0.4, 0.5) is 11.5 Å². The van der Waals surface area contributed by atoms with Crippen molar-refractivity contribution in [3.05, 3.63) is 206 Å². The van der Waals surface area contributed by atoms with Crippen LogP contribution >= 0.6 is 0 Å². The highest BCUT2D eigenvalue weighted by molar-refractivity contribution is 6.12. The maximum Gasteiger partial charge on any atom is 0.162 e. The average molecular weight is 754 g/mol. The van der Waals surface area contributed by atoms with Crippen molar-refractivity contribution in [1.82, 2.24) is 19.1 Å². The van der Waals surface area contributed by atoms with Gasteiger partial charge >= 0.3 is 0 Å². The monoisotopic (exact) mass is 753 g/mol. The number of hydrogen-bond donors (Lipinski definition) is 0. The molecule has 8 aromatic carbocycles. The fourth-order valence-corrected chi connectivity index (χ4v) is 10.0. The molecule has 0 fully saturated rings. The van der Waals surface area contributed by atoms with Gasteiger partial charge in [0.25, 0.3) is 0 Å². The smallest absolute Gasteiger partial charge is 0.162 e. The third-order valence-corrected chi connectivity index (χ3v) is 12.6. The number of nitrogens with zero attached hydrogens (tertiary/aromatic N) is 5. The first-order valence-corrected chi connectivity index (χ1v) is 20.3. The summed E-state index contributed by atoms with van der Waals surface area (Å²) in [5.74, 6) is 1.71. The van der Waals surface area contributed by atoms with Gasteiger partial charge in [0, 0.05) is 60.9 Å². The summed E-state index contributed by atoms with van der Waals surface area (Å²) >= 11 is 0. The van der Waals surface area contributed by atoms with Crippen molar-refractivity contribution in [2.45, 2.75) is 12.0 Å². The van der Waals surface area contributed by atoms with Crippen molar-refractivity contribution < 1.29 is 0 Å². The van der Waals surface area contributed by atoms with Crippen LogP contribution in [0.25, 0.3) is 88.1 Å². The van der Waals surface area contributed by atoms with Crippen molar-refractivity contribution >= 4 is 82.5 Å². The number of aromatic nitrogens is 4. The van der Waals surface area contributed by atoms with Gasteiger partial charge in [0.1, 0.15) is 5.82 Å². The topological polar surface area (TPSA) is 38.9 Å². The van der Waals surface area contributed by atoms with Gasteiger partial charge in [-0.2, -0.15) is 0 Å². The fraction of sp³-hybridized carbons (Fsp3) is 0.0370. The van der Waals surface area contributed by atoms with Crippen LogP contribution in [0.5, 0.6) is 0 Å². The summed E-state index contributed by atoms with van der Waals surface area (Å²) < 4.78 is 4.85. The van der Waals surface area contributed by atoms with Gasteiger partial charge in [0.05, 0.1) is 33.6 Å². The van der Waals surface area contributed by atoms with E-state index in [9.17, 15) is 0 Å². The SMILES string of the molecule is C1=CC2c3ccc(-n4c5ccccc5c5ccccc54)cc3N(c3nc(-c4ccccc4)nc4c3ccc3ccccc34)C2C=C1n1c2ccccc2c2ccccc21. The Morgan fingerprint density at radius 1 is 0.458 bits per heavy atom. The van der Waals surface area contributed by atoms with Crippen LogP contribution in [0.1, 0.15) is 11.5 Å². The minimum Gasteiger partial charge on any atom is -0.317 e. The van der Waals surface area contributed by atoms with E-state index in [1.165, 1.54) is 49.2 Å². The molecule has 1 aliphatic heterocycles. The Kier molecular flexibility index (Phi) is 6.78. The van der Waals surface area contributed by atoms with Crippen LogP contribution in [0, 0.1) is 0 Å². The van der Waals surface area contributed by atoms with E-state index in [1.54, 1.807) is 0 Å². The summed E-state index contributed by atoms with van der Waals surface area (Å²) in [6.45, 7) is 0. The zero-order chi connectivity index (χ0) is 38.6. The number of para-hydroxylation sites is 4. The molecule has 0 saturated heterocycles. The highest BCUT2D eigenvalue weighted by Crippen LogP contribution is 2.51. The van der Waals surface area contributed by atoms with Gasteiger partial charge in [-0.3, -0.25) is 0 Å². The molecule has 0 amide bonds. The molecule has 2 aliphatic rings. The average Bonchev–Trinajstić information content (AvgIpc) is 3.94. The molecular formula is C54H35N5. The van der Waals surface area contributed by atoms with Crippen LogP contribution in [0.15, 0.2) is 200 Å². The number of anilines is 2. The molecule has 0 N–H and O–H groups in total. The summed E-state index contributed by atoms with van der Waals surface area (Å²) in [4.78, 5) is 13.4. The maximum atomic E-state index is 5.58. The summed E-state index contributed by atoms with van der Waals surface area (Å²) in [5, 5.41) is 8.30. The predicted octanol–water partition coefficient (Wildman–Crippen LogP) is 13.4. The number of allylic oxidation sites excluding steroid dienone is 2. The van der Waals surface area contributed by atoms with Gasteiger partial charge < -0.3 is 14.0 Å². The lowest BCUT2D eigenvalue weighted by Crippen LogP contribution is -2.30. The Labute approximate surface area is 340 Å². The summed E-state index contributed by atoms with van der Waals surface area (Å²) in [6.07, 6.45) is 7.22. The van der Waals surface area contributed by atoms with Crippen LogP contribution in [-0.2, 0) is 0 Å². The molecule has 0 saturated carbocycles. The third-order valence-electron chi connectivity index (χ3n) is 12.6. The molecule has 2 unspecified atom stereocenters. The van der Waals surface area contributed by atoms with E-state index in [4.69, 9.17) is 9.97 Å². The Balaban J connectivity index is 1.10. The highest BCUT2D eigenvalue weighted by atomic mass is 15.3. The molecular weight excluding hydrogens is 719 g/mol. The molecule has 276 valence electrons. The lowest BCUT2D eigenvalue weighted by Gasteiger charge is -2.30. The van der Waals surface area contributed by atoms with Crippen molar-refractivity contribution in [2.24, 2.45) is 0 Å². The molecule has 1 aliphatic carbocycles. The first-order chi connectivity index (χ1) is 29.3. The fourth-order valence-electron chi connectivity index (χ4n) is 10.0. The van der Waals surface area contributed by atoms with E-state index in [-0.39, 0.29) is 12.0 Å². The molecule has 2 atom stereocenters. The lowest BCUT2D eigenvalue weighted by molar-refractivity contribution is 0.738. The second-order valence-corrected chi connectivity index (χ2v) is 15.7. The summed E-state index contributed by atoms with van der Waals surface area (Å²) in [6, 6.07) is 65.4. The Morgan fingerprint density at radius 3 is 1.69 bits per heavy atom. The first-order valence-electron chi connectivity index (χ1n) is 20.3. The third kappa shape index (κ3) is 4.67. The van der Waals surface area contributed by atoms with E-state index in [2.05, 4.69) is 208 Å². The Morgan fingerprint density at radius 2 is 1.03 bits per heavy atom. The van der Waals surface area contributed by atoms with Crippen LogP contribution in [-0.4, -0.2) is 25.1 Å². The van der Waals surface area contributed by atoms with Gasteiger partial charge in [-0.05, 0) is 65.6 Å². The minimum absolute atomic E-state index is 0.0634. The number of benzene rings is 8. The standard InChI is InChI=1S/C54H35N5/c1-2-15-35(16-3-1)53-55-52-38-17-5-4-14-34(38)26-29-45(52)54(56-53)59-50-32-36(57-46-22-10-6-18-39(46)40-19-7-11-23-47(40)57)27-30-43(50)44-31-28-37(33-51(44)59)58-48-24-12-8-20-41(48)42-21-9-13-25-49(42)58/h1-33,43,50H. The van der Waals surface area contributed by atoms with Gasteiger partial charge in [-0.15, -0.1) is 0 Å². The molecule has 5 nitrogen and oxygen atoms in total. The number of hydrogen-bond acceptors (Lipinski definition) is 3. The quantitative estimate of drug-likeness (QED) is 0.168. The molecule has 13 rings (SSSR count). The summed E-state index contributed by atoms with van der Waals surface area (Å²) in [5.41, 5.74) is 11.4. The molecule has 59 heavy (non-hydrogen) atoms. The number of fused-ring (bicyclic) bond motifs is 12. The van der Waals surface area contributed by atoms with Crippen molar-refractivity contribution in [3.8, 4) is 17.1 Å². The van der Waals surface area contributed by atoms with Crippen molar-refractivity contribution in [3.63, 3.8) is 0 Å². The van der Waals surface area contributed by atoms with E-state index in [0.717, 1.165) is 50.1 Å². The van der Waals surface area contributed by atoms with Gasteiger partial charge in [0.15, 0.2) is 5.82 Å². The lowest BCUT2D eigenvalue weighted by atomic mass is 9.90. The maximum absolute atomic E-state index is 5.58. The molecule has 0 spiro atoms. The molecule has 0 radical (unpaired) electrons. The van der Waals surface area contributed by atoms with E-state index >= 15 is 0 Å². The molecule has 0 bridgehead atoms. The van der Waals surface area contributed by atoms with Gasteiger partial charge in [-0.25, -0.2) is 9.97 Å². The van der Waals surface area contributed by atoms with Crippen LogP contribution < -0.4 is 4.90 Å². The second kappa shape index (κ2) is 12.4. The largest absolute Gasteiger partial charge is 0.317 e. The Bertz CT molecular complexity index is 3480. The van der Waals surface area contributed by atoms with E-state index in [1.807, 2.05) is 6.07 Å². The first kappa shape index (κ1) is 32.3. The minimum atomic E-state index is -0.0634. The van der Waals surface area contributed by atoms with E-state index in [0.29, 0.717) is 5.82 Å². The normalized spacial score (nSPS) is 16.1. The molecule has 11 aromatic rings. The summed E-state index contributed by atoms with van der Waals surface area (Å²) in [7, 11) is 0. The zero-order valence-electron chi connectivity index (χ0n) is 31.9. The Hall–Kier alpha value is -7.76. The molecule has 5 heteroatoms. The van der Waals surface area contributed by atoms with Crippen LogP contribution in [0.2, 0.25) is 0 Å². The molecule has 3 aromatic heterocycles. The van der Waals surface area contributed by atoms with Gasteiger partial charge in [-0.1, -0.05) is 146 Å². The van der Waals surface area contributed by atoms with E-state index < -0.39 is 0 Å². The zero-order valence-corrected chi connectivity index (χ0v) is 31.9. The highest BCUT2D eigenvalue weighted by Gasteiger charge is 2.41. The molecule has 4 heterocycles. The van der Waals surface area contributed by atoms with Gasteiger partial charge in [0.2, 0.25) is 0 Å². The number of rotatable bonds is 4. The second-order valence-electron chi connectivity index (χ2n) is 15.7. The van der Waals surface area contributed by atoms with Crippen LogP contribution in [0.3, 0.4) is 0 Å². The van der Waals surface area contributed by atoms with Crippen molar-refractivity contribution in [1.29, 1.82) is 0 Å².